The molecule has 1 saturated heterocycles. The van der Waals surface area contributed by atoms with Crippen LogP contribution in [0, 0.1) is 11.6 Å². The van der Waals surface area contributed by atoms with Gasteiger partial charge in [-0.25, -0.2) is 13.6 Å². The van der Waals surface area contributed by atoms with Gasteiger partial charge in [0.05, 0.1) is 20.8 Å². The first kappa shape index (κ1) is 30.6. The molecule has 2 aliphatic rings. The van der Waals surface area contributed by atoms with E-state index in [9.17, 15) is 18.4 Å². The average molecular weight is 613 g/mol. The molecule has 0 aromatic heterocycles. The molecule has 8 nitrogen and oxygen atoms in total. The largest absolute Gasteiger partial charge is 0.493 e. The van der Waals surface area contributed by atoms with E-state index in [0.29, 0.717) is 42.5 Å². The van der Waals surface area contributed by atoms with Crippen LogP contribution in [0.3, 0.4) is 0 Å². The zero-order valence-electron chi connectivity index (χ0n) is 24.1. The molecule has 3 aromatic carbocycles. The van der Waals surface area contributed by atoms with E-state index in [-0.39, 0.29) is 35.6 Å². The van der Waals surface area contributed by atoms with Crippen molar-refractivity contribution in [2.45, 2.75) is 49.7 Å². The Morgan fingerprint density at radius 2 is 1.74 bits per heavy atom. The van der Waals surface area contributed by atoms with Crippen LogP contribution in [0.5, 0.6) is 11.5 Å². The summed E-state index contributed by atoms with van der Waals surface area (Å²) in [4.78, 5) is 28.3. The van der Waals surface area contributed by atoms with Gasteiger partial charge < -0.3 is 30.3 Å². The van der Waals surface area contributed by atoms with Crippen molar-refractivity contribution in [2.24, 2.45) is 0 Å². The van der Waals surface area contributed by atoms with Gasteiger partial charge in [0.15, 0.2) is 23.1 Å². The summed E-state index contributed by atoms with van der Waals surface area (Å²) in [6.45, 7) is 1.26. The van der Waals surface area contributed by atoms with Crippen molar-refractivity contribution in [1.29, 1.82) is 0 Å². The van der Waals surface area contributed by atoms with E-state index >= 15 is 0 Å². The number of ether oxygens (including phenoxy) is 2. The number of halogens is 3. The van der Waals surface area contributed by atoms with Gasteiger partial charge in [0.25, 0.3) is 0 Å². The second-order valence-corrected chi connectivity index (χ2v) is 11.4. The van der Waals surface area contributed by atoms with E-state index in [0.717, 1.165) is 36.1 Å². The van der Waals surface area contributed by atoms with Gasteiger partial charge >= 0.3 is 6.03 Å². The molecule has 0 unspecified atom stereocenters. The minimum absolute atomic E-state index is 0.0202. The number of anilines is 1. The molecule has 5 rings (SSSR count). The maximum atomic E-state index is 13.6. The summed E-state index contributed by atoms with van der Waals surface area (Å²) in [5.41, 5.74) is 1.90. The molecule has 3 atom stereocenters. The molecule has 11 heteroatoms. The van der Waals surface area contributed by atoms with Crippen molar-refractivity contribution in [3.63, 3.8) is 0 Å². The van der Waals surface area contributed by atoms with Crippen molar-refractivity contribution in [1.82, 2.24) is 15.5 Å². The molecule has 1 heterocycles. The predicted octanol–water partition coefficient (Wildman–Crippen LogP) is 5.64. The molecule has 0 bridgehead atoms. The maximum Gasteiger partial charge on any atom is 0.319 e. The van der Waals surface area contributed by atoms with Crippen LogP contribution in [0.25, 0.3) is 0 Å². The number of benzene rings is 3. The van der Waals surface area contributed by atoms with Gasteiger partial charge in [-0.1, -0.05) is 29.8 Å². The lowest BCUT2D eigenvalue weighted by Crippen LogP contribution is -2.55. The Labute approximate surface area is 254 Å². The van der Waals surface area contributed by atoms with Crippen LogP contribution in [0.2, 0.25) is 5.02 Å². The fourth-order valence-corrected chi connectivity index (χ4v) is 6.53. The lowest BCUT2D eigenvalue weighted by molar-refractivity contribution is -0.132. The van der Waals surface area contributed by atoms with Crippen LogP contribution in [0.1, 0.15) is 36.8 Å². The molecule has 2 fully saturated rings. The van der Waals surface area contributed by atoms with Gasteiger partial charge in [0.2, 0.25) is 5.91 Å². The molecule has 3 aromatic rings. The highest BCUT2D eigenvalue weighted by molar-refractivity contribution is 6.30. The molecule has 228 valence electrons. The molecule has 3 amide bonds. The molecular weight excluding hydrogens is 578 g/mol. The van der Waals surface area contributed by atoms with Gasteiger partial charge in [-0.3, -0.25) is 4.79 Å². The first-order valence-corrected chi connectivity index (χ1v) is 14.6. The molecule has 1 saturated carbocycles. The molecule has 0 radical (unpaired) electrons. The number of hydrogen-bond donors (Lipinski definition) is 3. The third kappa shape index (κ3) is 6.70. The Bertz CT molecular complexity index is 1470. The van der Waals surface area contributed by atoms with Crippen molar-refractivity contribution >= 4 is 29.2 Å². The van der Waals surface area contributed by atoms with E-state index in [1.54, 1.807) is 14.2 Å². The number of methoxy groups -OCH3 is 2. The normalized spacial score (nSPS) is 21.2. The number of fused-ring (bicyclic) bond motifs is 1. The summed E-state index contributed by atoms with van der Waals surface area (Å²) >= 11 is 5.99. The molecule has 0 spiro atoms. The lowest BCUT2D eigenvalue weighted by atomic mass is 9.65. The third-order valence-corrected chi connectivity index (χ3v) is 8.82. The Morgan fingerprint density at radius 3 is 2.47 bits per heavy atom. The summed E-state index contributed by atoms with van der Waals surface area (Å²) < 4.78 is 38.0. The van der Waals surface area contributed by atoms with Crippen molar-refractivity contribution < 1.29 is 27.8 Å². The average Bonchev–Trinajstić information content (AvgIpc) is 3.39. The summed E-state index contributed by atoms with van der Waals surface area (Å²) in [6, 6.07) is 15.6. The number of carbonyl (C=O) groups excluding carboxylic acids is 2. The molecule has 1 aliphatic carbocycles. The molecular formula is C32H35ClF2N4O4. The van der Waals surface area contributed by atoms with Crippen LogP contribution < -0.4 is 25.4 Å². The number of amides is 3. The first-order chi connectivity index (χ1) is 20.7. The van der Waals surface area contributed by atoms with E-state index in [4.69, 9.17) is 21.1 Å². The van der Waals surface area contributed by atoms with E-state index < -0.39 is 17.7 Å². The minimum atomic E-state index is -1.04. The van der Waals surface area contributed by atoms with Crippen LogP contribution in [0.4, 0.5) is 19.3 Å². The van der Waals surface area contributed by atoms with Crippen LogP contribution in [-0.2, 0) is 16.8 Å². The second kappa shape index (κ2) is 13.2. The Hall–Kier alpha value is -3.89. The maximum absolute atomic E-state index is 13.6. The third-order valence-electron chi connectivity index (χ3n) is 8.57. The van der Waals surface area contributed by atoms with Crippen molar-refractivity contribution in [2.75, 3.05) is 32.6 Å². The van der Waals surface area contributed by atoms with Crippen LogP contribution in [0.15, 0.2) is 60.7 Å². The Kier molecular flexibility index (Phi) is 9.37. The van der Waals surface area contributed by atoms with Gasteiger partial charge in [0.1, 0.15) is 0 Å². The Morgan fingerprint density at radius 1 is 0.977 bits per heavy atom. The van der Waals surface area contributed by atoms with E-state index in [1.807, 2.05) is 47.4 Å². The number of urea groups is 1. The highest BCUT2D eigenvalue weighted by Crippen LogP contribution is 2.50. The fourth-order valence-electron chi connectivity index (χ4n) is 6.40. The number of carbonyl (C=O) groups is 2. The molecule has 3 N–H and O–H groups in total. The number of nitrogens with zero attached hydrogens (tertiary/aromatic N) is 1. The highest BCUT2D eigenvalue weighted by atomic mass is 35.5. The number of nitrogens with one attached hydrogen (secondary N) is 3. The van der Waals surface area contributed by atoms with Crippen LogP contribution in [-0.4, -0.2) is 56.2 Å². The van der Waals surface area contributed by atoms with Gasteiger partial charge in [-0.2, -0.15) is 0 Å². The van der Waals surface area contributed by atoms with Crippen LogP contribution >= 0.6 is 11.6 Å². The van der Waals surface area contributed by atoms with Gasteiger partial charge in [-0.15, -0.1) is 0 Å². The molecule has 43 heavy (non-hydrogen) atoms. The number of rotatable bonds is 9. The SMILES string of the molecule is COc1ccc([C@@]23CC[C@H](NC(=O)Nc4ccc(F)c(F)c4)C[C@H]2N(C(=O)CNCc2ccc(Cl)cc2)CC3)cc1OC. The van der Waals surface area contributed by atoms with E-state index in [2.05, 4.69) is 16.0 Å². The van der Waals surface area contributed by atoms with E-state index in [1.165, 1.54) is 6.07 Å². The van der Waals surface area contributed by atoms with Crippen molar-refractivity contribution in [3.8, 4) is 11.5 Å². The summed E-state index contributed by atoms with van der Waals surface area (Å²) in [7, 11) is 3.19. The summed E-state index contributed by atoms with van der Waals surface area (Å²) in [6.07, 6.45) is 2.70. The predicted molar refractivity (Wildman–Crippen MR) is 161 cm³/mol. The van der Waals surface area contributed by atoms with Gasteiger partial charge in [-0.05, 0) is 73.2 Å². The fraction of sp³-hybridized carbons (Fsp3) is 0.375. The minimum Gasteiger partial charge on any atom is -0.493 e. The summed E-state index contributed by atoms with van der Waals surface area (Å²) in [5, 5.41) is 9.46. The second-order valence-electron chi connectivity index (χ2n) is 11.0. The lowest BCUT2D eigenvalue weighted by Gasteiger charge is -2.45. The smallest absolute Gasteiger partial charge is 0.319 e. The zero-order chi connectivity index (χ0) is 30.6. The number of hydrogen-bond acceptors (Lipinski definition) is 5. The highest BCUT2D eigenvalue weighted by Gasteiger charge is 2.53. The zero-order valence-corrected chi connectivity index (χ0v) is 24.8. The Balaban J connectivity index is 1.33. The monoisotopic (exact) mass is 612 g/mol. The van der Waals surface area contributed by atoms with Gasteiger partial charge in [0, 0.05) is 47.4 Å². The van der Waals surface area contributed by atoms with Crippen molar-refractivity contribution in [3.05, 3.63) is 88.4 Å². The quantitative estimate of drug-likeness (QED) is 0.291. The first-order valence-electron chi connectivity index (χ1n) is 14.2. The number of likely N-dealkylation sites (tertiary alicyclic amines) is 1. The molecule has 1 aliphatic heterocycles. The summed E-state index contributed by atoms with van der Waals surface area (Å²) in [5.74, 6) is -0.805. The topological polar surface area (TPSA) is 91.9 Å². The standard InChI is InChI=1S/C32H35ClF2N4O4/c1-42-27-10-5-21(15-28(27)43-2)32-12-11-24(38-31(41)37-23-8-9-25(34)26(35)16-23)17-29(32)39(14-13-32)30(40)19-36-18-20-3-6-22(33)7-4-20/h3-10,15-16,24,29,36H,11-14,17-19H2,1-2H3,(H2,37,38,41)/t24-,29+,32-/m0/s1.